The maximum Gasteiger partial charge on any atom is 0.282 e. The molecule has 0 unspecified atom stereocenters. The van der Waals surface area contributed by atoms with Crippen molar-refractivity contribution < 1.29 is 4.74 Å². The Kier molecular flexibility index (Phi) is 5.99. The molecule has 1 heterocycles. The number of fused-ring (bicyclic) bond motifs is 2. The molecule has 0 aliphatic heterocycles. The van der Waals surface area contributed by atoms with Gasteiger partial charge in [-0.05, 0) is 54.4 Å². The van der Waals surface area contributed by atoms with Gasteiger partial charge < -0.3 is 4.74 Å². The summed E-state index contributed by atoms with van der Waals surface area (Å²) in [5.74, 6) is 1.21. The molecule has 34 heavy (non-hydrogen) atoms. The van der Waals surface area contributed by atoms with E-state index in [4.69, 9.17) is 4.74 Å². The van der Waals surface area contributed by atoms with Crippen LogP contribution in [0.4, 0.5) is 0 Å². The Labute approximate surface area is 205 Å². The van der Waals surface area contributed by atoms with Crippen molar-refractivity contribution in [3.63, 3.8) is 0 Å². The fraction of sp³-hybridized carbons (Fsp3) is 0.107. The number of nitrogens with zero attached hydrogens (tertiary/aromatic N) is 3. The van der Waals surface area contributed by atoms with E-state index in [0.29, 0.717) is 29.1 Å². The van der Waals surface area contributed by atoms with Crippen LogP contribution < -0.4 is 10.3 Å². The minimum Gasteiger partial charge on any atom is -0.488 e. The highest BCUT2D eigenvalue weighted by Gasteiger charge is 2.11. The molecule has 0 atom stereocenters. The van der Waals surface area contributed by atoms with Gasteiger partial charge in [0.05, 0.1) is 17.1 Å². The lowest BCUT2D eigenvalue weighted by molar-refractivity contribution is 0.306. The molecule has 168 valence electrons. The van der Waals surface area contributed by atoms with Crippen LogP contribution in [-0.4, -0.2) is 15.9 Å². The molecule has 5 nitrogen and oxygen atoms in total. The molecule has 0 aliphatic rings. The number of ether oxygens (including phenoxy) is 1. The number of benzene rings is 4. The van der Waals surface area contributed by atoms with E-state index in [1.165, 1.54) is 10.2 Å². The minimum atomic E-state index is -0.220. The predicted octanol–water partition coefficient (Wildman–Crippen LogP) is 6.39. The first-order valence-corrected chi connectivity index (χ1v) is 11.7. The summed E-state index contributed by atoms with van der Waals surface area (Å²) in [4.78, 5) is 17.7. The van der Waals surface area contributed by atoms with Crippen molar-refractivity contribution in [2.45, 2.75) is 20.5 Å². The summed E-state index contributed by atoms with van der Waals surface area (Å²) in [7, 11) is 0. The van der Waals surface area contributed by atoms with Crippen molar-refractivity contribution in [2.75, 3.05) is 0 Å². The van der Waals surface area contributed by atoms with Crippen LogP contribution >= 0.6 is 15.9 Å². The van der Waals surface area contributed by atoms with Crippen LogP contribution in [-0.2, 0) is 6.61 Å². The molecule has 0 amide bonds. The van der Waals surface area contributed by atoms with E-state index < -0.39 is 0 Å². The lowest BCUT2D eigenvalue weighted by Crippen LogP contribution is -2.20. The Morgan fingerprint density at radius 3 is 2.68 bits per heavy atom. The Morgan fingerprint density at radius 2 is 1.82 bits per heavy atom. The lowest BCUT2D eigenvalue weighted by Gasteiger charge is -2.12. The molecule has 0 radical (unpaired) electrons. The molecule has 5 aromatic rings. The zero-order valence-corrected chi connectivity index (χ0v) is 20.4. The first kappa shape index (κ1) is 22.0. The van der Waals surface area contributed by atoms with Gasteiger partial charge in [-0.25, -0.2) is 4.98 Å². The van der Waals surface area contributed by atoms with Crippen LogP contribution in [0, 0.1) is 13.8 Å². The summed E-state index contributed by atoms with van der Waals surface area (Å²) in [6, 6.07) is 25.7. The van der Waals surface area contributed by atoms with Gasteiger partial charge in [-0.15, -0.1) is 0 Å². The molecule has 5 rings (SSSR count). The molecule has 0 fully saturated rings. The molecule has 0 N–H and O–H groups in total. The number of rotatable bonds is 5. The summed E-state index contributed by atoms with van der Waals surface area (Å²) in [5, 5.41) is 7.12. The largest absolute Gasteiger partial charge is 0.488 e. The summed E-state index contributed by atoms with van der Waals surface area (Å²) < 4.78 is 8.37. The van der Waals surface area contributed by atoms with Gasteiger partial charge in [0.15, 0.2) is 0 Å². The van der Waals surface area contributed by atoms with Crippen molar-refractivity contribution in [3.8, 4) is 5.75 Å². The first-order valence-electron chi connectivity index (χ1n) is 10.9. The molecule has 4 aromatic carbocycles. The highest BCUT2D eigenvalue weighted by Crippen LogP contribution is 2.27. The first-order chi connectivity index (χ1) is 16.5. The Hall–Kier alpha value is -3.77. The fourth-order valence-electron chi connectivity index (χ4n) is 4.01. The van der Waals surface area contributed by atoms with Crippen LogP contribution in [0.2, 0.25) is 0 Å². The summed E-state index contributed by atoms with van der Waals surface area (Å²) in [5.41, 5.74) is 3.51. The number of hydrogen-bond acceptors (Lipinski definition) is 4. The van der Waals surface area contributed by atoms with Crippen molar-refractivity contribution in [1.82, 2.24) is 9.66 Å². The standard InChI is InChI=1S/C28H22BrN3O2/c1-18-6-5-7-20(14-18)17-34-27-13-10-21-8-3-4-9-23(21)25(27)16-30-32-19(2)31-26-12-11-22(29)15-24(26)28(32)33/h3-16H,17H2,1-2H3. The highest BCUT2D eigenvalue weighted by atomic mass is 79.9. The average molecular weight is 512 g/mol. The van der Waals surface area contributed by atoms with Crippen molar-refractivity contribution >= 4 is 43.8 Å². The topological polar surface area (TPSA) is 56.5 Å². The van der Waals surface area contributed by atoms with Gasteiger partial charge >= 0.3 is 0 Å². The van der Waals surface area contributed by atoms with Crippen molar-refractivity contribution in [2.24, 2.45) is 5.10 Å². The maximum absolute atomic E-state index is 13.2. The monoisotopic (exact) mass is 511 g/mol. The second-order valence-corrected chi connectivity index (χ2v) is 9.07. The second-order valence-electron chi connectivity index (χ2n) is 8.16. The van der Waals surface area contributed by atoms with Crippen molar-refractivity contribution in [1.29, 1.82) is 0 Å². The number of hydrogen-bond donors (Lipinski definition) is 0. The molecule has 0 aliphatic carbocycles. The van der Waals surface area contributed by atoms with Gasteiger partial charge in [0.1, 0.15) is 18.2 Å². The summed E-state index contributed by atoms with van der Waals surface area (Å²) >= 11 is 3.43. The predicted molar refractivity (Wildman–Crippen MR) is 141 cm³/mol. The summed E-state index contributed by atoms with van der Waals surface area (Å²) in [6.45, 7) is 4.28. The Morgan fingerprint density at radius 1 is 0.971 bits per heavy atom. The molecular weight excluding hydrogens is 490 g/mol. The van der Waals surface area contributed by atoms with Crippen LogP contribution in [0.3, 0.4) is 0 Å². The van der Waals surface area contributed by atoms with Crippen LogP contribution in [0.5, 0.6) is 5.75 Å². The number of aromatic nitrogens is 2. The fourth-order valence-corrected chi connectivity index (χ4v) is 4.37. The van der Waals surface area contributed by atoms with E-state index in [-0.39, 0.29) is 5.56 Å². The highest BCUT2D eigenvalue weighted by molar-refractivity contribution is 9.10. The maximum atomic E-state index is 13.2. The van der Waals surface area contributed by atoms with Crippen molar-refractivity contribution in [3.05, 3.63) is 116 Å². The third kappa shape index (κ3) is 4.37. The molecule has 0 saturated heterocycles. The van der Waals surface area contributed by atoms with Crippen LogP contribution in [0.25, 0.3) is 21.7 Å². The Balaban J connectivity index is 1.59. The average Bonchev–Trinajstić information content (AvgIpc) is 2.83. The molecule has 0 bridgehead atoms. The molecular formula is C28H22BrN3O2. The zero-order chi connectivity index (χ0) is 23.7. The number of halogens is 1. The van der Waals surface area contributed by atoms with E-state index in [1.807, 2.05) is 60.7 Å². The van der Waals surface area contributed by atoms with Gasteiger partial charge in [0.25, 0.3) is 5.56 Å². The zero-order valence-electron chi connectivity index (χ0n) is 18.8. The molecule has 6 heteroatoms. The normalized spacial score (nSPS) is 11.5. The van der Waals surface area contributed by atoms with E-state index >= 15 is 0 Å². The van der Waals surface area contributed by atoms with Gasteiger partial charge in [-0.3, -0.25) is 4.79 Å². The van der Waals surface area contributed by atoms with Crippen LogP contribution in [0.15, 0.2) is 93.2 Å². The summed E-state index contributed by atoms with van der Waals surface area (Å²) in [6.07, 6.45) is 1.69. The molecule has 0 saturated carbocycles. The van der Waals surface area contributed by atoms with E-state index in [2.05, 4.69) is 45.1 Å². The molecule has 1 aromatic heterocycles. The lowest BCUT2D eigenvalue weighted by atomic mass is 10.0. The van der Waals surface area contributed by atoms with Gasteiger partial charge in [-0.2, -0.15) is 9.78 Å². The van der Waals surface area contributed by atoms with Gasteiger partial charge in [0, 0.05) is 10.0 Å². The minimum absolute atomic E-state index is 0.220. The third-order valence-electron chi connectivity index (χ3n) is 5.68. The Bertz CT molecular complexity index is 1620. The second kappa shape index (κ2) is 9.23. The van der Waals surface area contributed by atoms with E-state index in [1.54, 1.807) is 19.2 Å². The van der Waals surface area contributed by atoms with E-state index in [0.717, 1.165) is 26.4 Å². The third-order valence-corrected chi connectivity index (χ3v) is 6.17. The quantitative estimate of drug-likeness (QED) is 0.257. The van der Waals surface area contributed by atoms with E-state index in [9.17, 15) is 4.79 Å². The van der Waals surface area contributed by atoms with Crippen LogP contribution in [0.1, 0.15) is 22.5 Å². The SMILES string of the molecule is Cc1cccc(COc2ccc3ccccc3c2C=Nn2c(C)nc3ccc(Br)cc3c2=O)c1. The van der Waals surface area contributed by atoms with Gasteiger partial charge in [0.2, 0.25) is 0 Å². The molecule has 0 spiro atoms. The number of aryl methyl sites for hydroxylation is 2. The smallest absolute Gasteiger partial charge is 0.282 e. The van der Waals surface area contributed by atoms with Gasteiger partial charge in [-0.1, -0.05) is 76.1 Å².